The van der Waals surface area contributed by atoms with Gasteiger partial charge in [0.25, 0.3) is 0 Å². The molecule has 1 amide bonds. The Bertz CT molecular complexity index is 774. The molecule has 3 N–H and O–H groups in total. The number of primary amides is 1. The number of aliphatic imine (C=N–C) groups is 1. The summed E-state index contributed by atoms with van der Waals surface area (Å²) in [7, 11) is 0. The molecule has 5 rings (SSSR count). The van der Waals surface area contributed by atoms with Crippen LogP contribution in [0, 0.1) is 5.92 Å². The van der Waals surface area contributed by atoms with Crippen molar-refractivity contribution in [3.05, 3.63) is 35.0 Å². The van der Waals surface area contributed by atoms with Gasteiger partial charge in [0.15, 0.2) is 0 Å². The van der Waals surface area contributed by atoms with Crippen molar-refractivity contribution in [2.45, 2.75) is 25.3 Å². The van der Waals surface area contributed by atoms with E-state index in [2.05, 4.69) is 15.1 Å². The number of guanidine groups is 1. The van der Waals surface area contributed by atoms with Gasteiger partial charge < -0.3 is 30.3 Å². The maximum Gasteiger partial charge on any atom is 0.240 e. The van der Waals surface area contributed by atoms with Gasteiger partial charge in [0.1, 0.15) is 18.9 Å². The van der Waals surface area contributed by atoms with Gasteiger partial charge in [-0.3, -0.25) is 4.79 Å². The van der Waals surface area contributed by atoms with E-state index in [0.717, 1.165) is 69.3 Å². The lowest BCUT2D eigenvalue weighted by molar-refractivity contribution is -0.120. The van der Waals surface area contributed by atoms with Crippen molar-refractivity contribution in [1.29, 1.82) is 0 Å². The number of nitrogens with two attached hydrogens (primary N) is 1. The number of hydrogen-bond acceptors (Lipinski definition) is 7. The van der Waals surface area contributed by atoms with Crippen molar-refractivity contribution < 1.29 is 14.3 Å². The quantitative estimate of drug-likeness (QED) is 0.736. The van der Waals surface area contributed by atoms with E-state index in [1.54, 1.807) is 6.26 Å². The van der Waals surface area contributed by atoms with E-state index in [1.165, 1.54) is 11.3 Å². The normalized spacial score (nSPS) is 25.7. The monoisotopic (exact) mass is 371 g/mol. The molecule has 0 aromatic carbocycles. The first-order chi connectivity index (χ1) is 13.2. The van der Waals surface area contributed by atoms with Crippen molar-refractivity contribution in [3.8, 4) is 0 Å². The summed E-state index contributed by atoms with van der Waals surface area (Å²) in [5.41, 5.74) is 9.86. The molecule has 8 nitrogen and oxygen atoms in total. The maximum atomic E-state index is 11.9. The predicted octanol–water partition coefficient (Wildman–Crippen LogP) is 0.257. The third-order valence-corrected chi connectivity index (χ3v) is 5.80. The number of carbonyl (C=O) groups is 1. The average molecular weight is 371 g/mol. The first kappa shape index (κ1) is 16.7. The van der Waals surface area contributed by atoms with Crippen molar-refractivity contribution in [1.82, 2.24) is 15.1 Å². The van der Waals surface area contributed by atoms with Gasteiger partial charge in [-0.15, -0.1) is 0 Å². The van der Waals surface area contributed by atoms with Gasteiger partial charge in [-0.05, 0) is 30.8 Å². The van der Waals surface area contributed by atoms with Crippen molar-refractivity contribution in [2.24, 2.45) is 16.6 Å². The van der Waals surface area contributed by atoms with Crippen LogP contribution in [0.4, 0.5) is 0 Å². The fourth-order valence-electron chi connectivity index (χ4n) is 4.23. The predicted molar refractivity (Wildman–Crippen MR) is 99.1 cm³/mol. The molecule has 1 aliphatic carbocycles. The number of rotatable bonds is 4. The largest absolute Gasteiger partial charge is 0.495 e. The van der Waals surface area contributed by atoms with Crippen LogP contribution in [0.15, 0.2) is 40.0 Å². The summed E-state index contributed by atoms with van der Waals surface area (Å²) < 4.78 is 11.3. The van der Waals surface area contributed by atoms with E-state index >= 15 is 0 Å². The molecule has 2 fully saturated rings. The van der Waals surface area contributed by atoms with Gasteiger partial charge in [-0.2, -0.15) is 0 Å². The molecule has 0 spiro atoms. The summed E-state index contributed by atoms with van der Waals surface area (Å²) in [6.07, 6.45) is 6.65. The van der Waals surface area contributed by atoms with Crippen molar-refractivity contribution >= 4 is 11.9 Å². The zero-order valence-corrected chi connectivity index (χ0v) is 15.3. The first-order valence-corrected chi connectivity index (χ1v) is 9.71. The molecule has 0 aromatic rings. The minimum atomic E-state index is -0.359. The highest BCUT2D eigenvalue weighted by atomic mass is 16.5. The van der Waals surface area contributed by atoms with Crippen LogP contribution in [0.3, 0.4) is 0 Å². The zero-order valence-electron chi connectivity index (χ0n) is 15.3. The summed E-state index contributed by atoms with van der Waals surface area (Å²) in [5, 5.41) is 3.35. The Labute approximate surface area is 158 Å². The minimum Gasteiger partial charge on any atom is -0.495 e. The lowest BCUT2D eigenvalue weighted by atomic mass is 10.0. The van der Waals surface area contributed by atoms with Crippen LogP contribution in [0.25, 0.3) is 0 Å². The Morgan fingerprint density at radius 1 is 1.30 bits per heavy atom. The molecule has 4 heterocycles. The minimum absolute atomic E-state index is 0.311. The lowest BCUT2D eigenvalue weighted by Gasteiger charge is -2.38. The number of morpholine rings is 1. The smallest absolute Gasteiger partial charge is 0.240 e. The third kappa shape index (κ3) is 2.97. The average Bonchev–Trinajstić information content (AvgIpc) is 3.46. The van der Waals surface area contributed by atoms with Crippen LogP contribution in [-0.2, 0) is 14.3 Å². The number of ether oxygens (including phenoxy) is 2. The second-order valence-corrected chi connectivity index (χ2v) is 7.63. The Balaban J connectivity index is 1.47. The van der Waals surface area contributed by atoms with Crippen LogP contribution in [0.2, 0.25) is 0 Å². The fraction of sp³-hybridized carbons (Fsp3) is 0.579. The van der Waals surface area contributed by atoms with Crippen LogP contribution in [-0.4, -0.2) is 67.2 Å². The van der Waals surface area contributed by atoms with Gasteiger partial charge in [-0.1, -0.05) is 0 Å². The number of nitrogens with zero attached hydrogens (tertiary/aromatic N) is 3. The summed E-state index contributed by atoms with van der Waals surface area (Å²) in [5.74, 6) is 0.993. The SMILES string of the molecule is NC(=O)C(NC1=COCC2=C3C1=CN=C(N1CCOCC1)N3CC2)C1CC1. The Kier molecular flexibility index (Phi) is 4.07. The summed E-state index contributed by atoms with van der Waals surface area (Å²) in [6, 6.07) is -0.359. The molecule has 1 unspecified atom stereocenters. The van der Waals surface area contributed by atoms with Gasteiger partial charge in [-0.25, -0.2) is 4.99 Å². The highest BCUT2D eigenvalue weighted by Crippen LogP contribution is 2.39. The second-order valence-electron chi connectivity index (χ2n) is 7.63. The highest BCUT2D eigenvalue weighted by molar-refractivity contribution is 5.87. The van der Waals surface area contributed by atoms with E-state index in [1.807, 2.05) is 6.20 Å². The molecule has 1 atom stereocenters. The van der Waals surface area contributed by atoms with E-state index in [0.29, 0.717) is 12.5 Å². The second kappa shape index (κ2) is 6.60. The van der Waals surface area contributed by atoms with Gasteiger partial charge in [0, 0.05) is 31.4 Å². The topological polar surface area (TPSA) is 92.4 Å². The first-order valence-electron chi connectivity index (χ1n) is 9.71. The molecular weight excluding hydrogens is 346 g/mol. The van der Waals surface area contributed by atoms with Crippen LogP contribution < -0.4 is 11.1 Å². The van der Waals surface area contributed by atoms with Crippen LogP contribution in [0.5, 0.6) is 0 Å². The standard InChI is InChI=1S/C19H25N5O3/c20-18(25)16(12-1-2-12)22-15-11-27-10-13-3-4-24-17(13)14(15)9-21-19(24)23-5-7-26-8-6-23/h9,11-12,16,22H,1-8,10H2,(H2,20,25). The van der Waals surface area contributed by atoms with E-state index in [4.69, 9.17) is 20.2 Å². The number of nitrogens with one attached hydrogen (secondary N) is 1. The molecule has 4 aliphatic heterocycles. The van der Waals surface area contributed by atoms with Gasteiger partial charge >= 0.3 is 0 Å². The summed E-state index contributed by atoms with van der Waals surface area (Å²) >= 11 is 0. The van der Waals surface area contributed by atoms with Crippen molar-refractivity contribution in [3.63, 3.8) is 0 Å². The molecule has 1 saturated carbocycles. The highest BCUT2D eigenvalue weighted by Gasteiger charge is 2.39. The molecular formula is C19H25N5O3. The van der Waals surface area contributed by atoms with Crippen molar-refractivity contribution in [2.75, 3.05) is 39.5 Å². The van der Waals surface area contributed by atoms with E-state index in [-0.39, 0.29) is 11.9 Å². The lowest BCUT2D eigenvalue weighted by Crippen LogP contribution is -2.49. The molecule has 27 heavy (non-hydrogen) atoms. The molecule has 0 radical (unpaired) electrons. The maximum absolute atomic E-state index is 11.9. The molecule has 1 saturated heterocycles. The fourth-order valence-corrected chi connectivity index (χ4v) is 4.23. The summed E-state index contributed by atoms with van der Waals surface area (Å²) in [4.78, 5) is 21.3. The number of hydrogen-bond donors (Lipinski definition) is 2. The number of amides is 1. The molecule has 5 aliphatic rings. The number of carbonyl (C=O) groups excluding carboxylic acids is 1. The molecule has 144 valence electrons. The van der Waals surface area contributed by atoms with E-state index in [9.17, 15) is 4.79 Å². The zero-order chi connectivity index (χ0) is 18.4. The Morgan fingerprint density at radius 3 is 2.85 bits per heavy atom. The van der Waals surface area contributed by atoms with Crippen LogP contribution in [0.1, 0.15) is 19.3 Å². The van der Waals surface area contributed by atoms with E-state index < -0.39 is 0 Å². The Morgan fingerprint density at radius 2 is 2.11 bits per heavy atom. The molecule has 8 heteroatoms. The van der Waals surface area contributed by atoms with Gasteiger partial charge in [0.05, 0.1) is 24.6 Å². The molecule has 0 bridgehead atoms. The van der Waals surface area contributed by atoms with Crippen LogP contribution >= 0.6 is 0 Å². The Hall–Kier alpha value is -2.48. The van der Waals surface area contributed by atoms with Gasteiger partial charge in [0.2, 0.25) is 11.9 Å². The summed E-state index contributed by atoms with van der Waals surface area (Å²) in [6.45, 7) is 4.62. The third-order valence-electron chi connectivity index (χ3n) is 5.80. The molecule has 0 aromatic heterocycles.